The van der Waals surface area contributed by atoms with E-state index in [-0.39, 0.29) is 51.1 Å². The summed E-state index contributed by atoms with van der Waals surface area (Å²) in [6.07, 6.45) is 2.99. The zero-order valence-corrected chi connectivity index (χ0v) is 19.6. The van der Waals surface area contributed by atoms with Gasteiger partial charge in [-0.2, -0.15) is 0 Å². The van der Waals surface area contributed by atoms with Crippen molar-refractivity contribution in [3.05, 3.63) is 69.7 Å². The average molecular weight is 499 g/mol. The van der Waals surface area contributed by atoms with Crippen LogP contribution in [-0.4, -0.2) is 30.3 Å². The summed E-state index contributed by atoms with van der Waals surface area (Å²) in [5.41, 5.74) is 2.11. The Morgan fingerprint density at radius 1 is 1.06 bits per heavy atom. The van der Waals surface area contributed by atoms with Crippen LogP contribution >= 0.6 is 23.2 Å². The third-order valence-electron chi connectivity index (χ3n) is 6.80. The molecule has 1 saturated heterocycles. The number of amides is 3. The van der Waals surface area contributed by atoms with Crippen LogP contribution in [0.2, 0.25) is 10.0 Å². The minimum Gasteiger partial charge on any atom is -0.452 e. The van der Waals surface area contributed by atoms with Gasteiger partial charge in [-0.1, -0.05) is 40.9 Å². The van der Waals surface area contributed by atoms with Crippen LogP contribution < -0.4 is 10.2 Å². The van der Waals surface area contributed by atoms with E-state index in [1.165, 1.54) is 22.6 Å². The van der Waals surface area contributed by atoms with E-state index in [1.54, 1.807) is 30.3 Å². The standard InChI is InChI=1S/C25H20Cl2N2O5/c1-12-9-14-10-16(12)21-20(14)23(31)29(24(21)32)15-7-5-13(6-8-15)25(33)34-11-19(30)28-18-4-2-3-17(26)22(18)27/h2-9,14,16,20-21H,10-11H2,1H3,(H,28,30)/t14-,16+,20-,21+/m0/s1. The van der Waals surface area contributed by atoms with E-state index in [0.717, 1.165) is 6.42 Å². The van der Waals surface area contributed by atoms with Gasteiger partial charge in [0.25, 0.3) is 5.91 Å². The molecule has 2 aliphatic carbocycles. The lowest BCUT2D eigenvalue weighted by molar-refractivity contribution is -0.123. The van der Waals surface area contributed by atoms with E-state index in [2.05, 4.69) is 11.4 Å². The molecule has 1 heterocycles. The van der Waals surface area contributed by atoms with Gasteiger partial charge < -0.3 is 10.1 Å². The largest absolute Gasteiger partial charge is 0.452 e. The molecule has 34 heavy (non-hydrogen) atoms. The molecule has 9 heteroatoms. The average Bonchev–Trinajstić information content (AvgIpc) is 3.45. The molecule has 1 N–H and O–H groups in total. The van der Waals surface area contributed by atoms with Gasteiger partial charge in [0.2, 0.25) is 11.8 Å². The maximum Gasteiger partial charge on any atom is 0.338 e. The number of benzene rings is 2. The molecule has 1 saturated carbocycles. The van der Waals surface area contributed by atoms with Gasteiger partial charge in [0.05, 0.1) is 38.8 Å². The molecule has 0 aromatic heterocycles. The van der Waals surface area contributed by atoms with Crippen molar-refractivity contribution in [1.29, 1.82) is 0 Å². The minimum atomic E-state index is -0.715. The number of hydrogen-bond donors (Lipinski definition) is 1. The Kier molecular flexibility index (Phi) is 5.70. The highest BCUT2D eigenvalue weighted by Gasteiger charge is 2.60. The number of nitrogens with one attached hydrogen (secondary N) is 1. The maximum absolute atomic E-state index is 13.0. The molecule has 3 aliphatic rings. The number of carbonyl (C=O) groups is 4. The molecule has 1 aliphatic heterocycles. The van der Waals surface area contributed by atoms with Crippen molar-refractivity contribution in [1.82, 2.24) is 0 Å². The van der Waals surface area contributed by atoms with E-state index in [9.17, 15) is 19.2 Å². The highest BCUT2D eigenvalue weighted by atomic mass is 35.5. The summed E-state index contributed by atoms with van der Waals surface area (Å²) in [6, 6.07) is 10.8. The number of allylic oxidation sites excluding steroid dienone is 2. The summed E-state index contributed by atoms with van der Waals surface area (Å²) in [4.78, 5) is 51.8. The number of carbonyl (C=O) groups excluding carboxylic acids is 4. The first kappa shape index (κ1) is 22.6. The zero-order chi connectivity index (χ0) is 24.1. The van der Waals surface area contributed by atoms with Crippen molar-refractivity contribution in [3.8, 4) is 0 Å². The molecule has 7 nitrogen and oxygen atoms in total. The second-order valence-electron chi connectivity index (χ2n) is 8.75. The second-order valence-corrected chi connectivity index (χ2v) is 9.54. The first-order valence-electron chi connectivity index (χ1n) is 10.8. The molecule has 4 atom stereocenters. The minimum absolute atomic E-state index is 0.124. The van der Waals surface area contributed by atoms with E-state index in [0.29, 0.717) is 11.4 Å². The highest BCUT2D eigenvalue weighted by molar-refractivity contribution is 6.44. The quantitative estimate of drug-likeness (QED) is 0.372. The number of halogens is 2. The molecule has 0 radical (unpaired) electrons. The summed E-state index contributed by atoms with van der Waals surface area (Å²) in [7, 11) is 0. The lowest BCUT2D eigenvalue weighted by atomic mass is 9.82. The Balaban J connectivity index is 1.21. The van der Waals surface area contributed by atoms with Gasteiger partial charge in [-0.05, 0) is 61.6 Å². The van der Waals surface area contributed by atoms with Crippen molar-refractivity contribution in [2.45, 2.75) is 13.3 Å². The molecule has 3 amide bonds. The number of rotatable bonds is 5. The fraction of sp³-hybridized carbons (Fsp3) is 0.280. The topological polar surface area (TPSA) is 92.8 Å². The number of ether oxygens (including phenoxy) is 1. The van der Waals surface area contributed by atoms with Gasteiger partial charge in [0.1, 0.15) is 0 Å². The summed E-state index contributed by atoms with van der Waals surface area (Å²) in [5.74, 6) is -1.98. The summed E-state index contributed by atoms with van der Waals surface area (Å²) >= 11 is 12.0. The van der Waals surface area contributed by atoms with E-state index in [4.69, 9.17) is 27.9 Å². The van der Waals surface area contributed by atoms with Gasteiger partial charge in [0, 0.05) is 0 Å². The van der Waals surface area contributed by atoms with E-state index < -0.39 is 18.5 Å². The third kappa shape index (κ3) is 3.69. The fourth-order valence-corrected chi connectivity index (χ4v) is 5.62. The number of imide groups is 1. The third-order valence-corrected chi connectivity index (χ3v) is 7.62. The first-order chi connectivity index (χ1) is 16.3. The Morgan fingerprint density at radius 3 is 2.50 bits per heavy atom. The Bertz CT molecular complexity index is 1260. The van der Waals surface area contributed by atoms with Crippen LogP contribution in [0.4, 0.5) is 11.4 Å². The van der Waals surface area contributed by atoms with Crippen molar-refractivity contribution >= 4 is 58.3 Å². The molecule has 174 valence electrons. The number of hydrogen-bond acceptors (Lipinski definition) is 5. The van der Waals surface area contributed by atoms with Crippen molar-refractivity contribution < 1.29 is 23.9 Å². The Morgan fingerprint density at radius 2 is 1.76 bits per heavy atom. The molecule has 0 spiro atoms. The molecule has 2 fully saturated rings. The summed E-state index contributed by atoms with van der Waals surface area (Å²) < 4.78 is 5.07. The van der Waals surface area contributed by atoms with Gasteiger partial charge in [0.15, 0.2) is 6.61 Å². The van der Waals surface area contributed by atoms with E-state index >= 15 is 0 Å². The predicted molar refractivity (Wildman–Crippen MR) is 127 cm³/mol. The van der Waals surface area contributed by atoms with Crippen LogP contribution in [-0.2, 0) is 19.1 Å². The zero-order valence-electron chi connectivity index (χ0n) is 18.1. The summed E-state index contributed by atoms with van der Waals surface area (Å²) in [5, 5.41) is 3.00. The smallest absolute Gasteiger partial charge is 0.338 e. The monoisotopic (exact) mass is 498 g/mol. The van der Waals surface area contributed by atoms with E-state index in [1.807, 2.05) is 6.92 Å². The van der Waals surface area contributed by atoms with Crippen molar-refractivity contribution in [2.24, 2.45) is 23.7 Å². The van der Waals surface area contributed by atoms with Crippen molar-refractivity contribution in [2.75, 3.05) is 16.8 Å². The number of anilines is 2. The normalized spacial score (nSPS) is 24.8. The van der Waals surface area contributed by atoms with Crippen molar-refractivity contribution in [3.63, 3.8) is 0 Å². The molecular weight excluding hydrogens is 479 g/mol. The number of esters is 1. The number of nitrogens with zero attached hydrogens (tertiary/aromatic N) is 1. The summed E-state index contributed by atoms with van der Waals surface area (Å²) in [6.45, 7) is 1.50. The predicted octanol–water partition coefficient (Wildman–Crippen LogP) is 4.49. The van der Waals surface area contributed by atoms with Crippen LogP contribution in [0.15, 0.2) is 54.1 Å². The lowest BCUT2D eigenvalue weighted by Gasteiger charge is -2.19. The highest BCUT2D eigenvalue weighted by Crippen LogP contribution is 2.55. The van der Waals surface area contributed by atoms with Crippen LogP contribution in [0.25, 0.3) is 0 Å². The SMILES string of the molecule is CC1=C[C@H]2C[C@H]1[C@H]1C(=O)N(c3ccc(C(=O)OCC(=O)Nc4cccc(Cl)c4Cl)cc3)C(=O)[C@H]12. The Hall–Kier alpha value is -3.16. The molecular formula is C25H20Cl2N2O5. The fourth-order valence-electron chi connectivity index (χ4n) is 5.28. The maximum atomic E-state index is 13.0. The molecule has 2 aromatic carbocycles. The van der Waals surface area contributed by atoms with Gasteiger partial charge in [-0.25, -0.2) is 4.79 Å². The molecule has 2 aromatic rings. The van der Waals surface area contributed by atoms with Gasteiger partial charge in [-0.15, -0.1) is 0 Å². The first-order valence-corrected chi connectivity index (χ1v) is 11.6. The van der Waals surface area contributed by atoms with Gasteiger partial charge >= 0.3 is 5.97 Å². The van der Waals surface area contributed by atoms with Crippen LogP contribution in [0.3, 0.4) is 0 Å². The van der Waals surface area contributed by atoms with Crippen LogP contribution in [0, 0.1) is 23.7 Å². The molecule has 0 unspecified atom stereocenters. The molecule has 5 rings (SSSR count). The Labute approximate surface area is 205 Å². The lowest BCUT2D eigenvalue weighted by Crippen LogP contribution is -2.33. The molecule has 2 bridgehead atoms. The second kappa shape index (κ2) is 8.56. The van der Waals surface area contributed by atoms with Crippen LogP contribution in [0.1, 0.15) is 23.7 Å². The van der Waals surface area contributed by atoms with Crippen LogP contribution in [0.5, 0.6) is 0 Å². The number of fused-ring (bicyclic) bond motifs is 5. The van der Waals surface area contributed by atoms with Gasteiger partial charge in [-0.3, -0.25) is 19.3 Å².